The monoisotopic (exact) mass is 256 g/mol. The summed E-state index contributed by atoms with van der Waals surface area (Å²) in [6, 6.07) is 5.65. The van der Waals surface area contributed by atoms with Crippen LogP contribution >= 0.6 is 0 Å². The Hall–Kier alpha value is -2.63. The molecule has 0 aliphatic carbocycles. The molecule has 0 amide bonds. The number of aryl methyl sites for hydroxylation is 2. The Bertz CT molecular complexity index is 785. The van der Waals surface area contributed by atoms with Crippen molar-refractivity contribution in [2.75, 3.05) is 0 Å². The summed E-state index contributed by atoms with van der Waals surface area (Å²) in [6.07, 6.45) is 0. The maximum atomic E-state index is 11.0. The van der Waals surface area contributed by atoms with Crippen LogP contribution in [0.5, 0.6) is 0 Å². The van der Waals surface area contributed by atoms with E-state index in [1.165, 1.54) is 0 Å². The van der Waals surface area contributed by atoms with Crippen LogP contribution in [0.3, 0.4) is 0 Å². The third-order valence-electron chi connectivity index (χ3n) is 2.96. The lowest BCUT2D eigenvalue weighted by Gasteiger charge is -1.96. The Morgan fingerprint density at radius 3 is 2.68 bits per heavy atom. The van der Waals surface area contributed by atoms with Crippen molar-refractivity contribution in [3.8, 4) is 11.4 Å². The minimum absolute atomic E-state index is 0.0517. The summed E-state index contributed by atoms with van der Waals surface area (Å²) >= 11 is 0. The van der Waals surface area contributed by atoms with Crippen LogP contribution in [-0.4, -0.2) is 31.0 Å². The molecular formula is C13H12N4O2. The highest BCUT2D eigenvalue weighted by molar-refractivity contribution is 5.88. The van der Waals surface area contributed by atoms with E-state index in [-0.39, 0.29) is 5.69 Å². The number of nitrogens with zero attached hydrogens (tertiary/aromatic N) is 2. The predicted molar refractivity (Wildman–Crippen MR) is 70.1 cm³/mol. The average molecular weight is 256 g/mol. The van der Waals surface area contributed by atoms with Gasteiger partial charge in [-0.3, -0.25) is 0 Å². The molecule has 1 aromatic carbocycles. The summed E-state index contributed by atoms with van der Waals surface area (Å²) in [5.41, 5.74) is 3.20. The van der Waals surface area contributed by atoms with Crippen LogP contribution in [0.1, 0.15) is 22.0 Å². The second-order valence-corrected chi connectivity index (χ2v) is 4.42. The molecule has 2 aromatic heterocycles. The topological polar surface area (TPSA) is 94.7 Å². The predicted octanol–water partition coefficient (Wildman–Crippen LogP) is 2.27. The van der Waals surface area contributed by atoms with E-state index >= 15 is 0 Å². The molecule has 0 unspecified atom stereocenters. The van der Waals surface area contributed by atoms with Gasteiger partial charge in [0.25, 0.3) is 0 Å². The van der Waals surface area contributed by atoms with Gasteiger partial charge in [-0.05, 0) is 32.0 Å². The van der Waals surface area contributed by atoms with Gasteiger partial charge in [-0.25, -0.2) is 14.8 Å². The standard InChI is InChI=1S/C13H12N4O2/c1-6-11(13(18)19)17-12(14-6)8-3-4-9-10(5-8)16-7(2)15-9/h3-5H,1-2H3,(H,14,17)(H,15,16)(H,18,19). The van der Waals surface area contributed by atoms with Crippen molar-refractivity contribution in [2.24, 2.45) is 0 Å². The van der Waals surface area contributed by atoms with E-state index in [0.717, 1.165) is 22.4 Å². The zero-order valence-electron chi connectivity index (χ0n) is 10.5. The fraction of sp³-hybridized carbons (Fsp3) is 0.154. The minimum atomic E-state index is -1.03. The number of carboxylic acid groups (broad SMARTS) is 1. The summed E-state index contributed by atoms with van der Waals surface area (Å²) in [4.78, 5) is 25.5. The fourth-order valence-corrected chi connectivity index (χ4v) is 2.09. The zero-order chi connectivity index (χ0) is 13.6. The molecule has 3 N–H and O–H groups in total. The lowest BCUT2D eigenvalue weighted by atomic mass is 10.2. The third kappa shape index (κ3) is 1.87. The van der Waals surface area contributed by atoms with Crippen molar-refractivity contribution < 1.29 is 9.90 Å². The van der Waals surface area contributed by atoms with Crippen LogP contribution in [0, 0.1) is 13.8 Å². The molecule has 0 bridgehead atoms. The lowest BCUT2D eigenvalue weighted by Crippen LogP contribution is -1.98. The van der Waals surface area contributed by atoms with Crippen LogP contribution < -0.4 is 0 Å². The molecule has 0 saturated heterocycles. The van der Waals surface area contributed by atoms with Crippen molar-refractivity contribution in [3.05, 3.63) is 35.4 Å². The van der Waals surface area contributed by atoms with Gasteiger partial charge in [0, 0.05) is 11.3 Å². The van der Waals surface area contributed by atoms with E-state index in [0.29, 0.717) is 11.5 Å². The van der Waals surface area contributed by atoms with Crippen LogP contribution in [0.2, 0.25) is 0 Å². The normalized spacial score (nSPS) is 11.1. The number of nitrogens with one attached hydrogen (secondary N) is 2. The number of H-pyrrole nitrogens is 2. The molecule has 3 aromatic rings. The molecule has 3 rings (SSSR count). The highest BCUT2D eigenvalue weighted by Gasteiger charge is 2.14. The van der Waals surface area contributed by atoms with Gasteiger partial charge in [0.1, 0.15) is 11.6 Å². The molecule has 0 aliphatic rings. The van der Waals surface area contributed by atoms with E-state index < -0.39 is 5.97 Å². The summed E-state index contributed by atoms with van der Waals surface area (Å²) in [5, 5.41) is 9.00. The van der Waals surface area contributed by atoms with Crippen molar-refractivity contribution in [1.29, 1.82) is 0 Å². The van der Waals surface area contributed by atoms with Crippen molar-refractivity contribution >= 4 is 17.0 Å². The number of carbonyl (C=O) groups is 1. The van der Waals surface area contributed by atoms with Gasteiger partial charge in [-0.1, -0.05) is 0 Å². The summed E-state index contributed by atoms with van der Waals surface area (Å²) in [5.74, 6) is 0.358. The van der Waals surface area contributed by atoms with Gasteiger partial charge in [-0.2, -0.15) is 0 Å². The van der Waals surface area contributed by atoms with Crippen LogP contribution in [0.15, 0.2) is 18.2 Å². The molecule has 0 fully saturated rings. The second kappa shape index (κ2) is 3.94. The molecule has 2 heterocycles. The van der Waals surface area contributed by atoms with Crippen molar-refractivity contribution in [2.45, 2.75) is 13.8 Å². The Labute approximate surface area is 108 Å². The van der Waals surface area contributed by atoms with E-state index in [1.54, 1.807) is 6.92 Å². The van der Waals surface area contributed by atoms with Gasteiger partial charge in [0.15, 0.2) is 5.69 Å². The maximum Gasteiger partial charge on any atom is 0.356 e. The molecule has 19 heavy (non-hydrogen) atoms. The third-order valence-corrected chi connectivity index (χ3v) is 2.96. The first-order chi connectivity index (χ1) is 9.04. The molecule has 0 aliphatic heterocycles. The Morgan fingerprint density at radius 2 is 2.00 bits per heavy atom. The van der Waals surface area contributed by atoms with Gasteiger partial charge < -0.3 is 15.1 Å². The van der Waals surface area contributed by atoms with Crippen LogP contribution in [0.4, 0.5) is 0 Å². The van der Waals surface area contributed by atoms with Gasteiger partial charge in [0.2, 0.25) is 0 Å². The van der Waals surface area contributed by atoms with E-state index in [4.69, 9.17) is 5.11 Å². The van der Waals surface area contributed by atoms with E-state index in [2.05, 4.69) is 19.9 Å². The summed E-state index contributed by atoms with van der Waals surface area (Å²) in [7, 11) is 0. The second-order valence-electron chi connectivity index (χ2n) is 4.42. The number of rotatable bonds is 2. The van der Waals surface area contributed by atoms with Crippen molar-refractivity contribution in [1.82, 2.24) is 19.9 Å². The van der Waals surface area contributed by atoms with Crippen LogP contribution in [0.25, 0.3) is 22.4 Å². The first-order valence-corrected chi connectivity index (χ1v) is 5.81. The van der Waals surface area contributed by atoms with Gasteiger partial charge in [-0.15, -0.1) is 0 Å². The molecule has 6 heteroatoms. The highest BCUT2D eigenvalue weighted by Crippen LogP contribution is 2.22. The molecule has 0 atom stereocenters. The molecule has 0 saturated carbocycles. The SMILES string of the molecule is Cc1nc2ccc(-c3nc(C(=O)O)c(C)[nH]3)cc2[nH]1. The molecule has 0 spiro atoms. The first kappa shape index (κ1) is 11.5. The Balaban J connectivity index is 2.13. The largest absolute Gasteiger partial charge is 0.476 e. The number of fused-ring (bicyclic) bond motifs is 1. The fourth-order valence-electron chi connectivity index (χ4n) is 2.09. The number of aromatic amines is 2. The van der Waals surface area contributed by atoms with Gasteiger partial charge >= 0.3 is 5.97 Å². The number of carboxylic acids is 1. The number of hydrogen-bond acceptors (Lipinski definition) is 3. The number of hydrogen-bond donors (Lipinski definition) is 3. The quantitative estimate of drug-likeness (QED) is 0.655. The first-order valence-electron chi connectivity index (χ1n) is 5.81. The lowest BCUT2D eigenvalue weighted by molar-refractivity contribution is 0.0690. The zero-order valence-corrected chi connectivity index (χ0v) is 10.5. The van der Waals surface area contributed by atoms with E-state index in [9.17, 15) is 4.79 Å². The summed E-state index contributed by atoms with van der Waals surface area (Å²) < 4.78 is 0. The number of aromatic nitrogens is 4. The van der Waals surface area contributed by atoms with Crippen molar-refractivity contribution in [3.63, 3.8) is 0 Å². The molecule has 96 valence electrons. The van der Waals surface area contributed by atoms with Gasteiger partial charge in [0.05, 0.1) is 11.0 Å². The van der Waals surface area contributed by atoms with E-state index in [1.807, 2.05) is 25.1 Å². The highest BCUT2D eigenvalue weighted by atomic mass is 16.4. The molecular weight excluding hydrogens is 244 g/mol. The number of imidazole rings is 2. The smallest absolute Gasteiger partial charge is 0.356 e. The Morgan fingerprint density at radius 1 is 1.21 bits per heavy atom. The van der Waals surface area contributed by atoms with Crippen LogP contribution in [-0.2, 0) is 0 Å². The molecule has 0 radical (unpaired) electrons. The number of aromatic carboxylic acids is 1. The molecule has 6 nitrogen and oxygen atoms in total. The number of benzene rings is 1. The average Bonchev–Trinajstić information content (AvgIpc) is 2.89. The Kier molecular flexibility index (Phi) is 2.38. The maximum absolute atomic E-state index is 11.0. The minimum Gasteiger partial charge on any atom is -0.476 e. The summed E-state index contributed by atoms with van der Waals surface area (Å²) in [6.45, 7) is 3.58.